The van der Waals surface area contributed by atoms with Crippen molar-refractivity contribution in [3.05, 3.63) is 107 Å². The Morgan fingerprint density at radius 3 is 2.32 bits per heavy atom. The lowest BCUT2D eigenvalue weighted by Crippen LogP contribution is -2.22. The molecular weight excluding hydrogens is 342 g/mol. The van der Waals surface area contributed by atoms with Gasteiger partial charge in [-0.15, -0.1) is 0 Å². The number of rotatable bonds is 6. The smallest absolute Gasteiger partial charge is 0.0816 e. The van der Waals surface area contributed by atoms with Crippen LogP contribution in [0.3, 0.4) is 0 Å². The van der Waals surface area contributed by atoms with Crippen molar-refractivity contribution >= 4 is 0 Å². The maximum Gasteiger partial charge on any atom is 0.0816 e. The Morgan fingerprint density at radius 2 is 1.61 bits per heavy atom. The fourth-order valence-corrected chi connectivity index (χ4v) is 4.18. The van der Waals surface area contributed by atoms with Gasteiger partial charge in [0, 0.05) is 6.54 Å². The van der Waals surface area contributed by atoms with Crippen molar-refractivity contribution in [2.75, 3.05) is 0 Å². The highest BCUT2D eigenvalue weighted by atomic mass is 16.7. The Morgan fingerprint density at radius 1 is 0.893 bits per heavy atom. The molecule has 0 bridgehead atoms. The van der Waals surface area contributed by atoms with Gasteiger partial charge in [-0.05, 0) is 55.4 Å². The van der Waals surface area contributed by atoms with E-state index in [9.17, 15) is 0 Å². The molecule has 0 saturated carbocycles. The summed E-state index contributed by atoms with van der Waals surface area (Å²) >= 11 is 0. The molecule has 0 aromatic heterocycles. The standard InChI is InChI=1S/C26H29NO/c1-20-13-14-23(21(2)17-20)15-16-25-18-26(24-11-7-4-8-12-24)27(28-25)19-22-9-5-3-6-10-22/h3-14,17,25-26H,15-16,18-19H2,1-2H3. The molecule has 1 fully saturated rings. The van der Waals surface area contributed by atoms with Crippen LogP contribution in [-0.4, -0.2) is 11.2 Å². The van der Waals surface area contributed by atoms with Crippen LogP contribution in [-0.2, 0) is 17.8 Å². The van der Waals surface area contributed by atoms with Gasteiger partial charge in [-0.3, -0.25) is 4.84 Å². The van der Waals surface area contributed by atoms with Gasteiger partial charge in [0.05, 0.1) is 12.1 Å². The summed E-state index contributed by atoms with van der Waals surface area (Å²) in [4.78, 5) is 6.45. The van der Waals surface area contributed by atoms with Gasteiger partial charge in [0.1, 0.15) is 0 Å². The summed E-state index contributed by atoms with van der Waals surface area (Å²) in [5, 5.41) is 2.19. The maximum atomic E-state index is 6.45. The third-order valence-corrected chi connectivity index (χ3v) is 5.72. The van der Waals surface area contributed by atoms with Gasteiger partial charge >= 0.3 is 0 Å². The highest BCUT2D eigenvalue weighted by molar-refractivity contribution is 5.30. The summed E-state index contributed by atoms with van der Waals surface area (Å²) in [6, 6.07) is 28.5. The molecule has 1 aliphatic heterocycles. The van der Waals surface area contributed by atoms with Gasteiger partial charge in [0.15, 0.2) is 0 Å². The second-order valence-electron chi connectivity index (χ2n) is 7.92. The number of nitrogens with zero attached hydrogens (tertiary/aromatic N) is 1. The van der Waals surface area contributed by atoms with E-state index in [-0.39, 0.29) is 6.10 Å². The first-order valence-corrected chi connectivity index (χ1v) is 10.3. The molecule has 0 aliphatic carbocycles. The summed E-state index contributed by atoms with van der Waals surface area (Å²) in [6.07, 6.45) is 3.42. The number of aryl methyl sites for hydroxylation is 3. The molecule has 2 atom stereocenters. The lowest BCUT2D eigenvalue weighted by molar-refractivity contribution is -0.171. The second-order valence-corrected chi connectivity index (χ2v) is 7.92. The van der Waals surface area contributed by atoms with E-state index in [1.807, 2.05) is 0 Å². The molecule has 3 aromatic rings. The molecule has 1 heterocycles. The predicted molar refractivity (Wildman–Crippen MR) is 115 cm³/mol. The molecule has 1 saturated heterocycles. The average Bonchev–Trinajstić information content (AvgIpc) is 3.11. The topological polar surface area (TPSA) is 12.5 Å². The molecule has 4 rings (SSSR count). The zero-order valence-corrected chi connectivity index (χ0v) is 16.8. The third kappa shape index (κ3) is 4.52. The fourth-order valence-electron chi connectivity index (χ4n) is 4.18. The minimum absolute atomic E-state index is 0.259. The largest absolute Gasteiger partial charge is 0.295 e. The highest BCUT2D eigenvalue weighted by Crippen LogP contribution is 2.37. The molecule has 144 valence electrons. The Kier molecular flexibility index (Phi) is 5.90. The van der Waals surface area contributed by atoms with Crippen LogP contribution >= 0.6 is 0 Å². The predicted octanol–water partition coefficient (Wildman–Crippen LogP) is 6.18. The molecule has 1 aliphatic rings. The summed E-state index contributed by atoms with van der Waals surface area (Å²) in [5.74, 6) is 0. The van der Waals surface area contributed by atoms with Crippen molar-refractivity contribution in [2.24, 2.45) is 0 Å². The van der Waals surface area contributed by atoms with Crippen LogP contribution in [0.15, 0.2) is 78.9 Å². The molecule has 0 radical (unpaired) electrons. The first kappa shape index (κ1) is 18.9. The second kappa shape index (κ2) is 8.72. The zero-order valence-electron chi connectivity index (χ0n) is 16.8. The van der Waals surface area contributed by atoms with E-state index < -0.39 is 0 Å². The maximum absolute atomic E-state index is 6.45. The van der Waals surface area contributed by atoms with E-state index in [0.717, 1.165) is 25.8 Å². The normalized spacial score (nSPS) is 19.8. The van der Waals surface area contributed by atoms with E-state index in [2.05, 4.69) is 97.8 Å². The average molecular weight is 372 g/mol. The van der Waals surface area contributed by atoms with Gasteiger partial charge in [0.2, 0.25) is 0 Å². The molecule has 2 heteroatoms. The zero-order chi connectivity index (χ0) is 19.3. The third-order valence-electron chi connectivity index (χ3n) is 5.72. The lowest BCUT2D eigenvalue weighted by atomic mass is 9.96. The fraction of sp³-hybridized carbons (Fsp3) is 0.308. The van der Waals surface area contributed by atoms with E-state index in [0.29, 0.717) is 6.04 Å². The number of hydrogen-bond donors (Lipinski definition) is 0. The summed E-state index contributed by atoms with van der Waals surface area (Å²) in [5.41, 5.74) is 6.79. The van der Waals surface area contributed by atoms with E-state index in [1.165, 1.54) is 27.8 Å². The number of benzene rings is 3. The molecule has 28 heavy (non-hydrogen) atoms. The number of hydrogen-bond acceptors (Lipinski definition) is 2. The number of hydroxylamine groups is 2. The van der Waals surface area contributed by atoms with Crippen LogP contribution < -0.4 is 0 Å². The SMILES string of the molecule is Cc1ccc(CCC2CC(c3ccccc3)N(Cc3ccccc3)O2)c(C)c1. The lowest BCUT2D eigenvalue weighted by Gasteiger charge is -2.23. The Hall–Kier alpha value is -2.42. The van der Waals surface area contributed by atoms with Crippen LogP contribution in [0.5, 0.6) is 0 Å². The first-order chi connectivity index (χ1) is 13.7. The van der Waals surface area contributed by atoms with Gasteiger partial charge in [-0.2, -0.15) is 5.06 Å². The molecular formula is C26H29NO. The monoisotopic (exact) mass is 371 g/mol. The molecule has 3 aromatic carbocycles. The minimum Gasteiger partial charge on any atom is -0.295 e. The molecule has 0 spiro atoms. The van der Waals surface area contributed by atoms with Crippen molar-refractivity contribution in [3.8, 4) is 0 Å². The van der Waals surface area contributed by atoms with Crippen LogP contribution in [0, 0.1) is 13.8 Å². The summed E-state index contributed by atoms with van der Waals surface area (Å²) in [6.45, 7) is 5.19. The van der Waals surface area contributed by atoms with Crippen LogP contribution in [0.25, 0.3) is 0 Å². The molecule has 0 N–H and O–H groups in total. The Balaban J connectivity index is 1.47. The van der Waals surface area contributed by atoms with Crippen LogP contribution in [0.4, 0.5) is 0 Å². The van der Waals surface area contributed by atoms with Gasteiger partial charge in [0.25, 0.3) is 0 Å². The van der Waals surface area contributed by atoms with Crippen LogP contribution in [0.1, 0.15) is 46.7 Å². The molecule has 2 unspecified atom stereocenters. The molecule has 0 amide bonds. The Labute approximate surface area is 168 Å². The quantitative estimate of drug-likeness (QED) is 0.513. The van der Waals surface area contributed by atoms with E-state index >= 15 is 0 Å². The van der Waals surface area contributed by atoms with Gasteiger partial charge in [-0.25, -0.2) is 0 Å². The van der Waals surface area contributed by atoms with Crippen molar-refractivity contribution in [2.45, 2.75) is 51.8 Å². The van der Waals surface area contributed by atoms with Gasteiger partial charge < -0.3 is 0 Å². The van der Waals surface area contributed by atoms with Crippen molar-refractivity contribution in [1.29, 1.82) is 0 Å². The van der Waals surface area contributed by atoms with Crippen molar-refractivity contribution < 1.29 is 4.84 Å². The van der Waals surface area contributed by atoms with Gasteiger partial charge in [-0.1, -0.05) is 84.4 Å². The Bertz CT molecular complexity index is 891. The first-order valence-electron chi connectivity index (χ1n) is 10.3. The highest BCUT2D eigenvalue weighted by Gasteiger charge is 2.34. The van der Waals surface area contributed by atoms with Crippen molar-refractivity contribution in [3.63, 3.8) is 0 Å². The molecule has 2 nitrogen and oxygen atoms in total. The van der Waals surface area contributed by atoms with E-state index in [4.69, 9.17) is 4.84 Å². The van der Waals surface area contributed by atoms with E-state index in [1.54, 1.807) is 0 Å². The summed E-state index contributed by atoms with van der Waals surface area (Å²) < 4.78 is 0. The summed E-state index contributed by atoms with van der Waals surface area (Å²) in [7, 11) is 0. The van der Waals surface area contributed by atoms with Crippen LogP contribution in [0.2, 0.25) is 0 Å². The minimum atomic E-state index is 0.259. The van der Waals surface area contributed by atoms with Crippen molar-refractivity contribution in [1.82, 2.24) is 5.06 Å².